The number of nitrogens with zero attached hydrogens (tertiary/aromatic N) is 2. The number of aryl methyl sites for hydroxylation is 2. The summed E-state index contributed by atoms with van der Waals surface area (Å²) in [5.74, 6) is -1.16. The molecule has 1 aromatic rings. The summed E-state index contributed by atoms with van der Waals surface area (Å²) in [6.45, 7) is 4.02. The van der Waals surface area contributed by atoms with Gasteiger partial charge in [-0.1, -0.05) is 0 Å². The lowest BCUT2D eigenvalue weighted by molar-refractivity contribution is -0.143. The van der Waals surface area contributed by atoms with E-state index in [9.17, 15) is 14.7 Å². The van der Waals surface area contributed by atoms with Crippen LogP contribution >= 0.6 is 0 Å². The molecule has 6 nitrogen and oxygen atoms in total. The second-order valence-corrected chi connectivity index (χ2v) is 4.66. The van der Waals surface area contributed by atoms with Gasteiger partial charge in [0.25, 0.3) is 5.91 Å². The van der Waals surface area contributed by atoms with Crippen LogP contribution in [0.3, 0.4) is 0 Å². The smallest absolute Gasteiger partial charge is 0.326 e. The number of carboxylic acids is 1. The lowest BCUT2D eigenvalue weighted by Gasteiger charge is -2.33. The summed E-state index contributed by atoms with van der Waals surface area (Å²) in [6, 6.07) is -0.708. The fourth-order valence-corrected chi connectivity index (χ4v) is 2.44. The van der Waals surface area contributed by atoms with Gasteiger partial charge in [-0.15, -0.1) is 0 Å². The Bertz CT molecular complexity index is 461. The van der Waals surface area contributed by atoms with Crippen LogP contribution in [-0.2, 0) is 4.79 Å². The summed E-state index contributed by atoms with van der Waals surface area (Å²) >= 11 is 0. The highest BCUT2D eigenvalue weighted by atomic mass is 16.4. The van der Waals surface area contributed by atoms with E-state index in [1.54, 1.807) is 13.8 Å². The quantitative estimate of drug-likeness (QED) is 0.824. The van der Waals surface area contributed by atoms with Gasteiger partial charge in [0.1, 0.15) is 6.04 Å². The Labute approximate surface area is 105 Å². The largest absolute Gasteiger partial charge is 0.480 e. The molecule has 0 aromatic carbocycles. The Morgan fingerprint density at radius 2 is 2.11 bits per heavy atom. The number of aromatic amines is 1. The first-order valence-electron chi connectivity index (χ1n) is 6.07. The van der Waals surface area contributed by atoms with Crippen LogP contribution in [0.1, 0.15) is 41.0 Å². The van der Waals surface area contributed by atoms with Crippen molar-refractivity contribution in [1.29, 1.82) is 0 Å². The van der Waals surface area contributed by atoms with E-state index in [0.717, 1.165) is 12.8 Å². The Hall–Kier alpha value is -1.85. The molecule has 1 atom stereocenters. The molecule has 0 saturated carbocycles. The van der Waals surface area contributed by atoms with Crippen molar-refractivity contribution in [3.05, 3.63) is 17.0 Å². The fraction of sp³-hybridized carbons (Fsp3) is 0.583. The van der Waals surface area contributed by atoms with E-state index >= 15 is 0 Å². The van der Waals surface area contributed by atoms with Crippen molar-refractivity contribution >= 4 is 11.9 Å². The molecule has 2 rings (SSSR count). The van der Waals surface area contributed by atoms with Crippen molar-refractivity contribution in [3.8, 4) is 0 Å². The van der Waals surface area contributed by atoms with E-state index in [0.29, 0.717) is 29.9 Å². The Morgan fingerprint density at radius 3 is 2.67 bits per heavy atom. The van der Waals surface area contributed by atoms with Crippen LogP contribution < -0.4 is 0 Å². The van der Waals surface area contributed by atoms with Gasteiger partial charge >= 0.3 is 5.97 Å². The molecule has 1 aliphatic heterocycles. The average Bonchev–Trinajstić information content (AvgIpc) is 2.68. The number of likely N-dealkylation sites (tertiary alicyclic amines) is 1. The molecular formula is C12H17N3O3. The van der Waals surface area contributed by atoms with Crippen LogP contribution in [0.2, 0.25) is 0 Å². The predicted molar refractivity (Wildman–Crippen MR) is 64.4 cm³/mol. The fourth-order valence-electron chi connectivity index (χ4n) is 2.44. The highest BCUT2D eigenvalue weighted by Gasteiger charge is 2.34. The zero-order chi connectivity index (χ0) is 13.3. The molecule has 1 fully saturated rings. The average molecular weight is 251 g/mol. The topological polar surface area (TPSA) is 86.3 Å². The molecule has 0 spiro atoms. The molecule has 6 heteroatoms. The molecule has 18 heavy (non-hydrogen) atoms. The zero-order valence-electron chi connectivity index (χ0n) is 10.6. The van der Waals surface area contributed by atoms with Gasteiger partial charge in [0.2, 0.25) is 0 Å². The third-order valence-corrected chi connectivity index (χ3v) is 3.39. The number of hydrogen-bond donors (Lipinski definition) is 2. The molecule has 0 radical (unpaired) electrons. The number of H-pyrrole nitrogens is 1. The number of nitrogens with one attached hydrogen (secondary N) is 1. The number of carbonyl (C=O) groups excluding carboxylic acids is 1. The molecule has 1 unspecified atom stereocenters. The van der Waals surface area contributed by atoms with Gasteiger partial charge < -0.3 is 10.0 Å². The minimum atomic E-state index is -0.929. The predicted octanol–water partition coefficient (Wildman–Crippen LogP) is 1.11. The summed E-state index contributed by atoms with van der Waals surface area (Å²) in [6.07, 6.45) is 2.23. The van der Waals surface area contributed by atoms with Crippen LogP contribution in [-0.4, -0.2) is 44.7 Å². The molecule has 1 amide bonds. The minimum absolute atomic E-state index is 0.231. The van der Waals surface area contributed by atoms with Gasteiger partial charge in [-0.05, 0) is 33.1 Å². The molecule has 1 saturated heterocycles. The van der Waals surface area contributed by atoms with Crippen molar-refractivity contribution in [2.45, 2.75) is 39.2 Å². The number of carbonyl (C=O) groups is 2. The second kappa shape index (κ2) is 4.80. The maximum absolute atomic E-state index is 12.4. The molecule has 0 aliphatic carbocycles. The van der Waals surface area contributed by atoms with E-state index in [-0.39, 0.29) is 5.91 Å². The third kappa shape index (κ3) is 2.10. The Kier molecular flexibility index (Phi) is 3.36. The van der Waals surface area contributed by atoms with Crippen LogP contribution in [0.15, 0.2) is 0 Å². The van der Waals surface area contributed by atoms with Gasteiger partial charge in [-0.3, -0.25) is 9.89 Å². The molecule has 98 valence electrons. The maximum Gasteiger partial charge on any atom is 0.326 e. The van der Waals surface area contributed by atoms with E-state index < -0.39 is 12.0 Å². The number of carboxylic acid groups (broad SMARTS) is 1. The number of rotatable bonds is 2. The summed E-state index contributed by atoms with van der Waals surface area (Å²) in [5, 5.41) is 15.9. The summed E-state index contributed by atoms with van der Waals surface area (Å²) in [5.41, 5.74) is 1.81. The number of amides is 1. The van der Waals surface area contributed by atoms with E-state index in [4.69, 9.17) is 0 Å². The van der Waals surface area contributed by atoms with Gasteiger partial charge in [-0.2, -0.15) is 5.10 Å². The van der Waals surface area contributed by atoms with Gasteiger partial charge in [-0.25, -0.2) is 4.79 Å². The monoisotopic (exact) mass is 251 g/mol. The first-order valence-corrected chi connectivity index (χ1v) is 6.07. The molecule has 1 aliphatic rings. The first kappa shape index (κ1) is 12.6. The maximum atomic E-state index is 12.4. The van der Waals surface area contributed by atoms with Crippen molar-refractivity contribution in [3.63, 3.8) is 0 Å². The van der Waals surface area contributed by atoms with Gasteiger partial charge in [0.05, 0.1) is 11.3 Å². The number of aliphatic carboxylic acids is 1. The van der Waals surface area contributed by atoms with Crippen LogP contribution in [0, 0.1) is 13.8 Å². The summed E-state index contributed by atoms with van der Waals surface area (Å²) < 4.78 is 0. The zero-order valence-corrected chi connectivity index (χ0v) is 10.6. The number of piperidine rings is 1. The first-order chi connectivity index (χ1) is 8.52. The van der Waals surface area contributed by atoms with Crippen molar-refractivity contribution in [2.24, 2.45) is 0 Å². The minimum Gasteiger partial charge on any atom is -0.480 e. The molecule has 2 heterocycles. The van der Waals surface area contributed by atoms with E-state index in [1.165, 1.54) is 4.90 Å². The van der Waals surface area contributed by atoms with E-state index in [2.05, 4.69) is 10.2 Å². The number of hydrogen-bond acceptors (Lipinski definition) is 3. The van der Waals surface area contributed by atoms with Crippen LogP contribution in [0.5, 0.6) is 0 Å². The lowest BCUT2D eigenvalue weighted by atomic mass is 10.0. The highest BCUT2D eigenvalue weighted by molar-refractivity contribution is 5.98. The van der Waals surface area contributed by atoms with Crippen molar-refractivity contribution < 1.29 is 14.7 Å². The molecular weight excluding hydrogens is 234 g/mol. The SMILES string of the molecule is Cc1n[nH]c(C)c1C(=O)N1CCCCC1C(=O)O. The third-order valence-electron chi connectivity index (χ3n) is 3.39. The Morgan fingerprint density at radius 1 is 1.39 bits per heavy atom. The summed E-state index contributed by atoms with van der Waals surface area (Å²) in [4.78, 5) is 25.1. The summed E-state index contributed by atoms with van der Waals surface area (Å²) in [7, 11) is 0. The standard InChI is InChI=1S/C12H17N3O3/c1-7-10(8(2)14-13-7)11(16)15-6-4-3-5-9(15)12(17)18/h9H,3-6H2,1-2H3,(H,13,14)(H,17,18). The number of aromatic nitrogens is 2. The van der Waals surface area contributed by atoms with Gasteiger partial charge in [0.15, 0.2) is 0 Å². The highest BCUT2D eigenvalue weighted by Crippen LogP contribution is 2.22. The normalized spacial score (nSPS) is 19.9. The molecule has 2 N–H and O–H groups in total. The second-order valence-electron chi connectivity index (χ2n) is 4.66. The van der Waals surface area contributed by atoms with Gasteiger partial charge in [0, 0.05) is 12.2 Å². The Balaban J connectivity index is 2.29. The van der Waals surface area contributed by atoms with Crippen LogP contribution in [0.4, 0.5) is 0 Å². The van der Waals surface area contributed by atoms with Crippen molar-refractivity contribution in [1.82, 2.24) is 15.1 Å². The van der Waals surface area contributed by atoms with E-state index in [1.807, 2.05) is 0 Å². The lowest BCUT2D eigenvalue weighted by Crippen LogP contribution is -2.48. The van der Waals surface area contributed by atoms with Crippen LogP contribution in [0.25, 0.3) is 0 Å². The van der Waals surface area contributed by atoms with Crippen molar-refractivity contribution in [2.75, 3.05) is 6.54 Å². The molecule has 0 bridgehead atoms. The molecule has 1 aromatic heterocycles.